The highest BCUT2D eigenvalue weighted by atomic mass is 16.2. The van der Waals surface area contributed by atoms with Crippen LogP contribution in [0.5, 0.6) is 0 Å². The summed E-state index contributed by atoms with van der Waals surface area (Å²) in [6.07, 6.45) is 0. The number of carbonyl (C=O) groups excluding carboxylic acids is 1. The Morgan fingerprint density at radius 3 is 2.35 bits per heavy atom. The second-order valence-corrected chi connectivity index (χ2v) is 5.29. The zero-order valence-corrected chi connectivity index (χ0v) is 12.4. The maximum Gasteiger partial charge on any atom is 0.242 e. The van der Waals surface area contributed by atoms with Crippen LogP contribution in [0.25, 0.3) is 0 Å². The fraction of sp³-hybridized carbons (Fsp3) is 0.533. The summed E-state index contributed by atoms with van der Waals surface area (Å²) in [5.41, 5.74) is 7.49. The molecule has 5 heteroatoms. The van der Waals surface area contributed by atoms with Gasteiger partial charge in [-0.3, -0.25) is 4.79 Å². The predicted octanol–water partition coefficient (Wildman–Crippen LogP) is 0.869. The molecular formula is C15H24N4O. The van der Waals surface area contributed by atoms with Crippen molar-refractivity contribution in [3.8, 4) is 0 Å². The van der Waals surface area contributed by atoms with Gasteiger partial charge in [-0.1, -0.05) is 0 Å². The van der Waals surface area contributed by atoms with E-state index in [2.05, 4.69) is 23.8 Å². The number of benzene rings is 1. The molecule has 2 rings (SSSR count). The van der Waals surface area contributed by atoms with Crippen LogP contribution in [0, 0.1) is 0 Å². The molecule has 1 aromatic carbocycles. The molecule has 0 saturated carbocycles. The molecule has 0 atom stereocenters. The van der Waals surface area contributed by atoms with Crippen molar-refractivity contribution < 1.29 is 4.79 Å². The Hall–Kier alpha value is -1.75. The van der Waals surface area contributed by atoms with Crippen LogP contribution in [0.2, 0.25) is 0 Å². The molecule has 5 nitrogen and oxygen atoms in total. The summed E-state index contributed by atoms with van der Waals surface area (Å²) < 4.78 is 0. The lowest BCUT2D eigenvalue weighted by molar-refractivity contribution is -0.131. The lowest BCUT2D eigenvalue weighted by Gasteiger charge is -2.34. The van der Waals surface area contributed by atoms with Gasteiger partial charge in [-0.05, 0) is 38.2 Å². The van der Waals surface area contributed by atoms with Gasteiger partial charge in [0.2, 0.25) is 5.91 Å². The number of hydrogen-bond acceptors (Lipinski definition) is 4. The molecule has 1 aromatic rings. The molecule has 0 aliphatic carbocycles. The van der Waals surface area contributed by atoms with Crippen molar-refractivity contribution in [2.75, 3.05) is 56.9 Å². The van der Waals surface area contributed by atoms with E-state index in [9.17, 15) is 4.79 Å². The molecule has 1 saturated heterocycles. The van der Waals surface area contributed by atoms with E-state index in [4.69, 9.17) is 5.73 Å². The van der Waals surface area contributed by atoms with Crippen LogP contribution in [-0.2, 0) is 4.79 Å². The fourth-order valence-corrected chi connectivity index (χ4v) is 2.39. The molecule has 1 heterocycles. The zero-order valence-electron chi connectivity index (χ0n) is 12.4. The first-order valence-corrected chi connectivity index (χ1v) is 7.17. The van der Waals surface area contributed by atoms with Gasteiger partial charge >= 0.3 is 0 Å². The normalized spacial score (nSPS) is 16.2. The third-order valence-electron chi connectivity index (χ3n) is 3.82. The smallest absolute Gasteiger partial charge is 0.242 e. The first-order valence-electron chi connectivity index (χ1n) is 7.17. The molecule has 0 spiro atoms. The van der Waals surface area contributed by atoms with Crippen LogP contribution in [0.15, 0.2) is 24.3 Å². The summed E-state index contributed by atoms with van der Waals surface area (Å²) in [6, 6.07) is 7.68. The number of hydrogen-bond donors (Lipinski definition) is 1. The van der Waals surface area contributed by atoms with Gasteiger partial charge < -0.3 is 20.4 Å². The number of amides is 1. The van der Waals surface area contributed by atoms with Gasteiger partial charge in [0.25, 0.3) is 0 Å². The standard InChI is InChI=1S/C15H24N4O/c1-3-18(14-6-4-13(16)5-7-14)12-15(20)19-10-8-17(2)9-11-19/h4-7H,3,8-12,16H2,1-2H3. The van der Waals surface area contributed by atoms with Crippen LogP contribution in [0.4, 0.5) is 11.4 Å². The van der Waals surface area contributed by atoms with Crippen LogP contribution in [-0.4, -0.2) is 62.0 Å². The van der Waals surface area contributed by atoms with Crippen molar-refractivity contribution in [1.82, 2.24) is 9.80 Å². The molecule has 1 aliphatic rings. The zero-order chi connectivity index (χ0) is 14.5. The Morgan fingerprint density at radius 2 is 1.80 bits per heavy atom. The topological polar surface area (TPSA) is 52.8 Å². The van der Waals surface area contributed by atoms with E-state index in [0.717, 1.165) is 44.1 Å². The third kappa shape index (κ3) is 3.63. The van der Waals surface area contributed by atoms with Crippen molar-refractivity contribution in [2.45, 2.75) is 6.92 Å². The van der Waals surface area contributed by atoms with Crippen LogP contribution < -0.4 is 10.6 Å². The molecule has 20 heavy (non-hydrogen) atoms. The summed E-state index contributed by atoms with van der Waals surface area (Å²) in [7, 11) is 2.09. The van der Waals surface area contributed by atoms with E-state index < -0.39 is 0 Å². The second kappa shape index (κ2) is 6.61. The number of piperazine rings is 1. The van der Waals surface area contributed by atoms with Crippen LogP contribution in [0.3, 0.4) is 0 Å². The van der Waals surface area contributed by atoms with Crippen molar-refractivity contribution in [3.05, 3.63) is 24.3 Å². The number of rotatable bonds is 4. The molecular weight excluding hydrogens is 252 g/mol. The van der Waals surface area contributed by atoms with E-state index >= 15 is 0 Å². The highest BCUT2D eigenvalue weighted by Crippen LogP contribution is 2.16. The number of nitrogens with zero attached hydrogens (tertiary/aromatic N) is 3. The minimum atomic E-state index is 0.205. The summed E-state index contributed by atoms with van der Waals surface area (Å²) in [5.74, 6) is 0.205. The van der Waals surface area contributed by atoms with E-state index in [1.807, 2.05) is 29.2 Å². The second-order valence-electron chi connectivity index (χ2n) is 5.29. The highest BCUT2D eigenvalue weighted by Gasteiger charge is 2.20. The molecule has 1 aliphatic heterocycles. The van der Waals surface area contributed by atoms with Gasteiger partial charge in [-0.2, -0.15) is 0 Å². The molecule has 2 N–H and O–H groups in total. The first kappa shape index (κ1) is 14.7. The van der Waals surface area contributed by atoms with E-state index in [-0.39, 0.29) is 5.91 Å². The first-order chi connectivity index (χ1) is 9.60. The van der Waals surface area contributed by atoms with E-state index in [0.29, 0.717) is 6.54 Å². The highest BCUT2D eigenvalue weighted by molar-refractivity contribution is 5.81. The monoisotopic (exact) mass is 276 g/mol. The lowest BCUT2D eigenvalue weighted by Crippen LogP contribution is -2.50. The van der Waals surface area contributed by atoms with Crippen LogP contribution in [0.1, 0.15) is 6.92 Å². The number of nitrogens with two attached hydrogens (primary N) is 1. The van der Waals surface area contributed by atoms with Crippen LogP contribution >= 0.6 is 0 Å². The molecule has 0 aromatic heterocycles. The fourth-order valence-electron chi connectivity index (χ4n) is 2.39. The maximum absolute atomic E-state index is 12.4. The number of anilines is 2. The van der Waals surface area contributed by atoms with Gasteiger partial charge in [-0.15, -0.1) is 0 Å². The Balaban J connectivity index is 1.95. The minimum Gasteiger partial charge on any atom is -0.399 e. The summed E-state index contributed by atoms with van der Waals surface area (Å²) in [5, 5.41) is 0. The molecule has 0 unspecified atom stereocenters. The number of carbonyl (C=O) groups is 1. The Bertz CT molecular complexity index is 438. The van der Waals surface area contributed by atoms with Crippen molar-refractivity contribution >= 4 is 17.3 Å². The largest absolute Gasteiger partial charge is 0.399 e. The third-order valence-corrected chi connectivity index (χ3v) is 3.82. The summed E-state index contributed by atoms with van der Waals surface area (Å²) in [4.78, 5) is 18.6. The van der Waals surface area contributed by atoms with E-state index in [1.54, 1.807) is 0 Å². The lowest BCUT2D eigenvalue weighted by atomic mass is 10.2. The predicted molar refractivity (Wildman–Crippen MR) is 82.8 cm³/mol. The van der Waals surface area contributed by atoms with Crippen molar-refractivity contribution in [2.24, 2.45) is 0 Å². The molecule has 1 amide bonds. The molecule has 110 valence electrons. The van der Waals surface area contributed by atoms with Gasteiger partial charge in [0.15, 0.2) is 0 Å². The Labute approximate surface area is 120 Å². The Morgan fingerprint density at radius 1 is 1.20 bits per heavy atom. The van der Waals surface area contributed by atoms with Crippen molar-refractivity contribution in [3.63, 3.8) is 0 Å². The van der Waals surface area contributed by atoms with Crippen molar-refractivity contribution in [1.29, 1.82) is 0 Å². The minimum absolute atomic E-state index is 0.205. The number of nitrogen functional groups attached to an aromatic ring is 1. The molecule has 0 radical (unpaired) electrons. The SMILES string of the molecule is CCN(CC(=O)N1CCN(C)CC1)c1ccc(N)cc1. The number of likely N-dealkylation sites (N-methyl/N-ethyl adjacent to an activating group) is 2. The van der Waals surface area contributed by atoms with Gasteiger partial charge in [0.1, 0.15) is 0 Å². The maximum atomic E-state index is 12.4. The van der Waals surface area contributed by atoms with Gasteiger partial charge in [0.05, 0.1) is 6.54 Å². The van der Waals surface area contributed by atoms with E-state index in [1.165, 1.54) is 0 Å². The molecule has 0 bridgehead atoms. The summed E-state index contributed by atoms with van der Waals surface area (Å²) >= 11 is 0. The van der Waals surface area contributed by atoms with Gasteiger partial charge in [0, 0.05) is 44.1 Å². The average Bonchev–Trinajstić information content (AvgIpc) is 2.46. The quantitative estimate of drug-likeness (QED) is 0.829. The van der Waals surface area contributed by atoms with Gasteiger partial charge in [-0.25, -0.2) is 0 Å². The average molecular weight is 276 g/mol. The summed E-state index contributed by atoms with van der Waals surface area (Å²) in [6.45, 7) is 6.88. The molecule has 1 fully saturated rings. The Kier molecular flexibility index (Phi) is 4.84.